The van der Waals surface area contributed by atoms with E-state index in [1.807, 2.05) is 0 Å². The van der Waals surface area contributed by atoms with E-state index in [-0.39, 0.29) is 22.5 Å². The van der Waals surface area contributed by atoms with E-state index in [9.17, 15) is 17.6 Å². The fraction of sp³-hybridized carbons (Fsp3) is 0.154. The third-order valence-electron chi connectivity index (χ3n) is 2.50. The summed E-state index contributed by atoms with van der Waals surface area (Å²) in [7, 11) is 1.43. The molecule has 1 aromatic heterocycles. The topological polar surface area (TPSA) is 34.1 Å². The minimum Gasteiger partial charge on any atom is -0.439 e. The molecule has 0 amide bonds. The zero-order chi connectivity index (χ0) is 15.6. The van der Waals surface area contributed by atoms with Crippen molar-refractivity contribution in [2.24, 2.45) is 0 Å². The maximum atomic E-state index is 13.0. The van der Waals surface area contributed by atoms with Crippen molar-refractivity contribution in [2.75, 3.05) is 12.4 Å². The second-order valence-electron chi connectivity index (χ2n) is 4.01. The molecule has 0 aliphatic heterocycles. The van der Waals surface area contributed by atoms with E-state index >= 15 is 0 Å². The number of nitrogens with one attached hydrogen (secondary N) is 1. The van der Waals surface area contributed by atoms with Crippen LogP contribution >= 0.6 is 11.6 Å². The van der Waals surface area contributed by atoms with E-state index in [1.54, 1.807) is 0 Å². The van der Waals surface area contributed by atoms with Crippen LogP contribution in [0.4, 0.5) is 23.4 Å². The fourth-order valence-corrected chi connectivity index (χ4v) is 1.68. The summed E-state index contributed by atoms with van der Waals surface area (Å²) < 4.78 is 56.5. The smallest absolute Gasteiger partial charge is 0.416 e. The first-order chi connectivity index (χ1) is 9.79. The molecule has 0 saturated carbocycles. The van der Waals surface area contributed by atoms with Gasteiger partial charge in [-0.3, -0.25) is 0 Å². The molecule has 1 aromatic carbocycles. The molecule has 1 N–H and O–H groups in total. The van der Waals surface area contributed by atoms with Crippen LogP contribution in [-0.2, 0) is 6.18 Å². The number of benzene rings is 1. The molecular weight excluding hydrogens is 312 g/mol. The largest absolute Gasteiger partial charge is 0.439 e. The van der Waals surface area contributed by atoms with Gasteiger partial charge in [-0.1, -0.05) is 11.6 Å². The van der Waals surface area contributed by atoms with Crippen molar-refractivity contribution in [2.45, 2.75) is 6.18 Å². The quantitative estimate of drug-likeness (QED) is 0.830. The number of ether oxygens (including phenoxy) is 1. The lowest BCUT2D eigenvalue weighted by atomic mass is 10.2. The Balaban J connectivity index is 2.36. The van der Waals surface area contributed by atoms with Crippen LogP contribution in [0.1, 0.15) is 5.56 Å². The van der Waals surface area contributed by atoms with Crippen LogP contribution in [0, 0.1) is 5.82 Å². The SMILES string of the molecule is CNc1cc(C(F)(F)F)cc(Oc2ccc(F)c(Cl)c2)n1. The first kappa shape index (κ1) is 15.4. The minimum atomic E-state index is -4.53. The van der Waals surface area contributed by atoms with Crippen molar-refractivity contribution in [1.29, 1.82) is 0 Å². The van der Waals surface area contributed by atoms with Gasteiger partial charge in [0.1, 0.15) is 17.4 Å². The summed E-state index contributed by atoms with van der Waals surface area (Å²) >= 11 is 5.57. The van der Waals surface area contributed by atoms with Gasteiger partial charge in [0.15, 0.2) is 0 Å². The van der Waals surface area contributed by atoms with Gasteiger partial charge in [0.25, 0.3) is 0 Å². The normalized spacial score (nSPS) is 11.3. The van der Waals surface area contributed by atoms with Gasteiger partial charge in [-0.2, -0.15) is 18.2 Å². The van der Waals surface area contributed by atoms with Gasteiger partial charge >= 0.3 is 6.18 Å². The van der Waals surface area contributed by atoms with Crippen LogP contribution < -0.4 is 10.1 Å². The van der Waals surface area contributed by atoms with Crippen LogP contribution in [0.2, 0.25) is 5.02 Å². The summed E-state index contributed by atoms with van der Waals surface area (Å²) in [5, 5.41) is 2.31. The highest BCUT2D eigenvalue weighted by atomic mass is 35.5. The average molecular weight is 321 g/mol. The van der Waals surface area contributed by atoms with Gasteiger partial charge in [0, 0.05) is 19.2 Å². The molecule has 0 bridgehead atoms. The monoisotopic (exact) mass is 320 g/mol. The summed E-state index contributed by atoms with van der Waals surface area (Å²) in [5.41, 5.74) is -0.912. The van der Waals surface area contributed by atoms with E-state index in [0.29, 0.717) is 0 Å². The van der Waals surface area contributed by atoms with Gasteiger partial charge in [-0.05, 0) is 18.2 Å². The van der Waals surface area contributed by atoms with Crippen molar-refractivity contribution >= 4 is 17.4 Å². The van der Waals surface area contributed by atoms with Crippen LogP contribution in [0.25, 0.3) is 0 Å². The van der Waals surface area contributed by atoms with E-state index in [2.05, 4.69) is 10.3 Å². The molecule has 1 heterocycles. The summed E-state index contributed by atoms with van der Waals surface area (Å²) in [4.78, 5) is 3.84. The van der Waals surface area contributed by atoms with Gasteiger partial charge < -0.3 is 10.1 Å². The number of aromatic nitrogens is 1. The highest BCUT2D eigenvalue weighted by molar-refractivity contribution is 6.30. The van der Waals surface area contributed by atoms with Crippen molar-refractivity contribution in [3.8, 4) is 11.6 Å². The number of alkyl halides is 3. The molecule has 0 spiro atoms. The number of halogens is 5. The third kappa shape index (κ3) is 3.75. The van der Waals surface area contributed by atoms with Crippen LogP contribution in [-0.4, -0.2) is 12.0 Å². The molecule has 112 valence electrons. The Kier molecular flexibility index (Phi) is 4.22. The second-order valence-corrected chi connectivity index (χ2v) is 4.41. The fourth-order valence-electron chi connectivity index (χ4n) is 1.51. The molecule has 21 heavy (non-hydrogen) atoms. The zero-order valence-electron chi connectivity index (χ0n) is 10.6. The highest BCUT2D eigenvalue weighted by Crippen LogP contribution is 2.34. The second kappa shape index (κ2) is 5.77. The van der Waals surface area contributed by atoms with Crippen LogP contribution in [0.5, 0.6) is 11.6 Å². The van der Waals surface area contributed by atoms with Gasteiger partial charge in [-0.15, -0.1) is 0 Å². The number of nitrogens with zero attached hydrogens (tertiary/aromatic N) is 1. The van der Waals surface area contributed by atoms with Gasteiger partial charge in [-0.25, -0.2) is 4.39 Å². The van der Waals surface area contributed by atoms with E-state index in [4.69, 9.17) is 16.3 Å². The lowest BCUT2D eigenvalue weighted by Gasteiger charge is -2.12. The Morgan fingerprint density at radius 2 is 1.90 bits per heavy atom. The lowest BCUT2D eigenvalue weighted by molar-refractivity contribution is -0.137. The molecule has 0 saturated heterocycles. The summed E-state index contributed by atoms with van der Waals surface area (Å²) in [6.45, 7) is 0. The molecule has 2 rings (SSSR count). The molecule has 0 aliphatic rings. The lowest BCUT2D eigenvalue weighted by Crippen LogP contribution is -2.07. The zero-order valence-corrected chi connectivity index (χ0v) is 11.4. The van der Waals surface area contributed by atoms with E-state index < -0.39 is 17.6 Å². The molecule has 0 fully saturated rings. The van der Waals surface area contributed by atoms with Crippen molar-refractivity contribution in [3.05, 3.63) is 46.7 Å². The Labute approximate surface area is 122 Å². The van der Waals surface area contributed by atoms with Gasteiger partial charge in [0.2, 0.25) is 5.88 Å². The predicted molar refractivity (Wildman–Crippen MR) is 70.3 cm³/mol. The Morgan fingerprint density at radius 1 is 1.19 bits per heavy atom. The molecule has 0 radical (unpaired) electrons. The maximum absolute atomic E-state index is 13.0. The molecule has 0 aliphatic carbocycles. The average Bonchev–Trinajstić information content (AvgIpc) is 2.41. The molecule has 2 aromatic rings. The predicted octanol–water partition coefficient (Wildman–Crippen LogP) is 4.73. The molecule has 0 unspecified atom stereocenters. The van der Waals surface area contributed by atoms with E-state index in [1.165, 1.54) is 13.1 Å². The Bertz CT molecular complexity index is 661. The van der Waals surface area contributed by atoms with E-state index in [0.717, 1.165) is 24.3 Å². The molecule has 3 nitrogen and oxygen atoms in total. The van der Waals surface area contributed by atoms with Gasteiger partial charge in [0.05, 0.1) is 10.6 Å². The summed E-state index contributed by atoms with van der Waals surface area (Å²) in [6.07, 6.45) is -4.53. The molecular formula is C13H9ClF4N2O. The summed E-state index contributed by atoms with van der Waals surface area (Å²) in [5.74, 6) is -0.864. The first-order valence-corrected chi connectivity index (χ1v) is 6.07. The number of hydrogen-bond donors (Lipinski definition) is 1. The Morgan fingerprint density at radius 3 is 2.48 bits per heavy atom. The minimum absolute atomic E-state index is 0.00645. The molecule has 0 atom stereocenters. The van der Waals surface area contributed by atoms with Crippen molar-refractivity contribution in [1.82, 2.24) is 4.98 Å². The van der Waals surface area contributed by atoms with Crippen molar-refractivity contribution in [3.63, 3.8) is 0 Å². The maximum Gasteiger partial charge on any atom is 0.416 e. The number of anilines is 1. The number of hydrogen-bond acceptors (Lipinski definition) is 3. The third-order valence-corrected chi connectivity index (χ3v) is 2.79. The standard InChI is InChI=1S/C13H9ClF4N2O/c1-19-11-4-7(13(16,17)18)5-12(20-11)21-8-2-3-10(15)9(14)6-8/h2-6H,1H3,(H,19,20). The first-order valence-electron chi connectivity index (χ1n) is 5.69. The highest BCUT2D eigenvalue weighted by Gasteiger charge is 2.32. The number of pyridine rings is 1. The number of rotatable bonds is 3. The molecule has 8 heteroatoms. The Hall–Kier alpha value is -2.02. The summed E-state index contributed by atoms with van der Waals surface area (Å²) in [6, 6.07) is 5.03. The van der Waals surface area contributed by atoms with Crippen LogP contribution in [0.3, 0.4) is 0 Å². The van der Waals surface area contributed by atoms with Crippen molar-refractivity contribution < 1.29 is 22.3 Å². The van der Waals surface area contributed by atoms with Crippen LogP contribution in [0.15, 0.2) is 30.3 Å².